The van der Waals surface area contributed by atoms with Crippen LogP contribution in [0, 0.1) is 12.8 Å². The predicted molar refractivity (Wildman–Crippen MR) is 186 cm³/mol. The second kappa shape index (κ2) is 15.8. The largest absolute Gasteiger partial charge is 0.756 e. The fourth-order valence-electron chi connectivity index (χ4n) is 7.15. The number of nitrogens with two attached hydrogens (primary N) is 2. The number of hydrogen-bond donors (Lipinski definition) is 7. The van der Waals surface area contributed by atoms with Gasteiger partial charge in [0.25, 0.3) is 13.4 Å². The van der Waals surface area contributed by atoms with Gasteiger partial charge in [0.15, 0.2) is 11.5 Å². The minimum absolute atomic E-state index is 0.0549. The van der Waals surface area contributed by atoms with Crippen LogP contribution in [0.25, 0.3) is 11.2 Å². The molecule has 0 amide bonds. The smallest absolute Gasteiger partial charge is 0.472 e. The topological polar surface area (TPSA) is 379 Å². The number of aliphatic hydroxyl groups excluding tert-OH is 2. The third kappa shape index (κ3) is 8.63. The normalized spacial score (nSPS) is 30.4. The summed E-state index contributed by atoms with van der Waals surface area (Å²) in [7, 11) is -10.8. The molecule has 0 radical (unpaired) electrons. The van der Waals surface area contributed by atoms with Gasteiger partial charge in [0.05, 0.1) is 31.7 Å². The number of aromatic nitrogens is 8. The number of rotatable bonds is 13. The summed E-state index contributed by atoms with van der Waals surface area (Å²) in [5, 5.41) is 21.2. The number of nitrogens with zero attached hydrogens (tertiary/aromatic N) is 7. The number of aryl methyl sites for hydroxylation is 1. The predicted octanol–water partition coefficient (Wildman–Crippen LogP) is -2.71. The number of fused-ring (bicyclic) bond motifs is 1. The van der Waals surface area contributed by atoms with Crippen LogP contribution in [-0.2, 0) is 36.9 Å². The van der Waals surface area contributed by atoms with Crippen LogP contribution in [0.1, 0.15) is 43.5 Å². The van der Waals surface area contributed by atoms with Gasteiger partial charge in [0.1, 0.15) is 60.8 Å². The molecule has 3 aliphatic rings. The summed E-state index contributed by atoms with van der Waals surface area (Å²) in [6.07, 6.45) is -8.04. The van der Waals surface area contributed by atoms with Crippen molar-refractivity contribution in [1.29, 1.82) is 0 Å². The zero-order valence-electron chi connectivity index (χ0n) is 29.6. The van der Waals surface area contributed by atoms with Gasteiger partial charge in [-0.15, -0.1) is 0 Å². The third-order valence-corrected chi connectivity index (χ3v) is 11.3. The van der Waals surface area contributed by atoms with Crippen molar-refractivity contribution in [2.24, 2.45) is 5.92 Å². The molecule has 310 valence electrons. The van der Waals surface area contributed by atoms with Crippen molar-refractivity contribution in [2.75, 3.05) is 24.7 Å². The van der Waals surface area contributed by atoms with Gasteiger partial charge in [0.2, 0.25) is 0 Å². The average Bonchev–Trinajstić information content (AvgIpc) is 3.93. The number of phosphoric acid groups is 2. The number of ether oxygens (including phenoxy) is 3. The first-order chi connectivity index (χ1) is 26.9. The Kier molecular flexibility index (Phi) is 11.4. The van der Waals surface area contributed by atoms with Gasteiger partial charge in [-0.1, -0.05) is 0 Å². The highest BCUT2D eigenvalue weighted by Crippen LogP contribution is 2.51. The fraction of sp³-hybridized carbons (Fsp3) is 0.552. The first-order valence-electron chi connectivity index (χ1n) is 17.1. The van der Waals surface area contributed by atoms with Crippen LogP contribution in [0.5, 0.6) is 0 Å². The van der Waals surface area contributed by atoms with Crippen LogP contribution in [-0.4, -0.2) is 108 Å². The lowest BCUT2D eigenvalue weighted by Crippen LogP contribution is -2.45. The van der Waals surface area contributed by atoms with Crippen molar-refractivity contribution in [1.82, 2.24) is 38.6 Å². The van der Waals surface area contributed by atoms with Crippen LogP contribution >= 0.6 is 15.6 Å². The van der Waals surface area contributed by atoms with Crippen LogP contribution in [0.3, 0.4) is 0 Å². The van der Waals surface area contributed by atoms with Crippen molar-refractivity contribution in [3.05, 3.63) is 68.0 Å². The molecular formula is C29H37N10O16P2-. The van der Waals surface area contributed by atoms with E-state index in [2.05, 4.69) is 24.9 Å². The van der Waals surface area contributed by atoms with E-state index >= 15 is 0 Å². The van der Waals surface area contributed by atoms with Crippen molar-refractivity contribution in [2.45, 2.75) is 81.5 Å². The number of imidazole rings is 1. The Morgan fingerprint density at radius 2 is 1.74 bits per heavy atom. The van der Waals surface area contributed by atoms with Gasteiger partial charge < -0.3 is 55.1 Å². The number of nitrogens with one attached hydrogen (secondary N) is 1. The third-order valence-electron chi connectivity index (χ3n) is 9.77. The molecule has 0 saturated carbocycles. The Bertz CT molecular complexity index is 2400. The fourth-order valence-corrected chi connectivity index (χ4v) is 8.70. The first kappa shape index (κ1) is 40.9. The first-order valence-corrected chi connectivity index (χ1v) is 20.1. The molecule has 7 rings (SSSR count). The number of nitrogen functional groups attached to an aromatic ring is 2. The van der Waals surface area contributed by atoms with Gasteiger partial charge in [0, 0.05) is 43.1 Å². The summed E-state index contributed by atoms with van der Waals surface area (Å²) >= 11 is 0. The average molecular weight is 844 g/mol. The summed E-state index contributed by atoms with van der Waals surface area (Å²) in [5.74, 6) is -1.32. The van der Waals surface area contributed by atoms with E-state index in [0.717, 1.165) is 9.13 Å². The molecule has 12 unspecified atom stereocenters. The molecule has 0 bridgehead atoms. The van der Waals surface area contributed by atoms with Crippen molar-refractivity contribution in [3.8, 4) is 0 Å². The Morgan fingerprint density at radius 1 is 1.02 bits per heavy atom. The van der Waals surface area contributed by atoms with Gasteiger partial charge in [-0.3, -0.25) is 37.1 Å². The monoisotopic (exact) mass is 843 g/mol. The second-order valence-electron chi connectivity index (χ2n) is 13.5. The summed E-state index contributed by atoms with van der Waals surface area (Å²) in [4.78, 5) is 88.6. The highest BCUT2D eigenvalue weighted by Gasteiger charge is 2.52. The molecule has 7 heterocycles. The van der Waals surface area contributed by atoms with Gasteiger partial charge in [-0.25, -0.2) is 29.1 Å². The summed E-state index contributed by atoms with van der Waals surface area (Å²) in [5.41, 5.74) is 9.57. The Labute approximate surface area is 318 Å². The van der Waals surface area contributed by atoms with E-state index in [1.807, 2.05) is 0 Å². The second-order valence-corrected chi connectivity index (χ2v) is 16.0. The molecule has 4 aromatic heterocycles. The Hall–Kier alpha value is -4.27. The maximum Gasteiger partial charge on any atom is 0.472 e. The van der Waals surface area contributed by atoms with Gasteiger partial charge >= 0.3 is 19.2 Å². The molecular weight excluding hydrogens is 806 g/mol. The lowest BCUT2D eigenvalue weighted by Gasteiger charge is -2.35. The van der Waals surface area contributed by atoms with E-state index in [-0.39, 0.29) is 47.6 Å². The van der Waals surface area contributed by atoms with E-state index in [4.69, 9.17) is 39.2 Å². The summed E-state index contributed by atoms with van der Waals surface area (Å²) in [6, 6.07) is 1.32. The van der Waals surface area contributed by atoms with E-state index in [0.29, 0.717) is 0 Å². The lowest BCUT2D eigenvalue weighted by molar-refractivity contribution is -0.234. The maximum atomic E-state index is 13.4. The molecule has 9 N–H and O–H groups in total. The number of aliphatic hydroxyl groups is 2. The number of hydrogen-bond acceptors (Lipinski definition) is 20. The van der Waals surface area contributed by atoms with Crippen molar-refractivity contribution >= 4 is 38.4 Å². The molecule has 0 aromatic carbocycles. The van der Waals surface area contributed by atoms with Crippen molar-refractivity contribution in [3.63, 3.8) is 0 Å². The van der Waals surface area contributed by atoms with Crippen LogP contribution < -0.4 is 33.3 Å². The SMILES string of the molecule is Cc1cn(C2CC(C(OP(=O)([O-])O)C3OC(n4cnc5c(N)ncnc54)CC3O)C(COP(=O)(O)OC3CC(n4ccc(N)nc4=O)OC3CO)O2)c(=O)[nH]c1=O. The minimum atomic E-state index is -5.65. The zero-order valence-corrected chi connectivity index (χ0v) is 31.4. The number of aromatic amines is 1. The lowest BCUT2D eigenvalue weighted by atomic mass is 9.89. The molecule has 3 fully saturated rings. The standard InChI is InChI=1S/C29H38N10O16P2/c1-12-7-38(29(44)36-27(12)42)19-4-13(23(55-56(45,46)47)24-14(41)5-20(53-24)39-11-34-22-25(31)32-10-33-26(22)39)17(52-19)9-50-57(48,49)54-15-6-21(51-16(15)8-40)37-3-2-18(30)35-28(37)43/h2-3,7,10-11,13-17,19-21,23-24,40-41H,4-6,8-9H2,1H3,(H,48,49)(H2,30,35,43)(H2,31,32,33)(H,36,42,44)(H2,45,46,47)/p-1. The minimum Gasteiger partial charge on any atom is -0.756 e. The number of phosphoric ester groups is 2. The van der Waals surface area contributed by atoms with Crippen LogP contribution in [0.4, 0.5) is 11.6 Å². The highest BCUT2D eigenvalue weighted by molar-refractivity contribution is 7.47. The van der Waals surface area contributed by atoms with Crippen LogP contribution in [0.15, 0.2) is 45.5 Å². The van der Waals surface area contributed by atoms with Crippen molar-refractivity contribution < 1.29 is 61.8 Å². The molecule has 26 nitrogen and oxygen atoms in total. The Balaban J connectivity index is 1.15. The number of H-pyrrole nitrogens is 1. The molecule has 28 heteroatoms. The molecule has 3 saturated heterocycles. The Morgan fingerprint density at radius 3 is 2.46 bits per heavy atom. The molecule has 3 aliphatic heterocycles. The van der Waals surface area contributed by atoms with E-state index in [9.17, 15) is 48.4 Å². The summed E-state index contributed by atoms with van der Waals surface area (Å²) in [6.45, 7) is -0.154. The molecule has 0 spiro atoms. The number of anilines is 2. The van der Waals surface area contributed by atoms with E-state index in [1.165, 1.54) is 42.6 Å². The maximum absolute atomic E-state index is 13.4. The molecule has 4 aromatic rings. The van der Waals surface area contributed by atoms with Crippen LogP contribution in [0.2, 0.25) is 0 Å². The van der Waals surface area contributed by atoms with Gasteiger partial charge in [-0.2, -0.15) is 4.98 Å². The molecule has 57 heavy (non-hydrogen) atoms. The van der Waals surface area contributed by atoms with Gasteiger partial charge in [-0.05, 0) is 13.0 Å². The van der Waals surface area contributed by atoms with E-state index < -0.39 is 107 Å². The zero-order chi connectivity index (χ0) is 41.0. The molecule has 0 aliphatic carbocycles. The quantitative estimate of drug-likeness (QED) is 0.0673. The highest BCUT2D eigenvalue weighted by atomic mass is 31.2. The summed E-state index contributed by atoms with van der Waals surface area (Å²) < 4.78 is 62.9. The molecule has 12 atom stereocenters. The van der Waals surface area contributed by atoms with E-state index in [1.54, 1.807) is 0 Å².